The van der Waals surface area contributed by atoms with E-state index in [0.29, 0.717) is 11.3 Å². The highest BCUT2D eigenvalue weighted by molar-refractivity contribution is 5.73. The second-order valence-corrected chi connectivity index (χ2v) is 8.44. The lowest BCUT2D eigenvalue weighted by atomic mass is 9.81. The number of aliphatic carboxylic acids is 2. The van der Waals surface area contributed by atoms with Crippen molar-refractivity contribution in [3.8, 4) is 5.75 Å². The van der Waals surface area contributed by atoms with E-state index in [1.54, 1.807) is 7.11 Å². The second-order valence-electron chi connectivity index (χ2n) is 8.44. The largest absolute Gasteiger partial charge is 0.497 e. The van der Waals surface area contributed by atoms with Crippen LogP contribution in [0.5, 0.6) is 5.75 Å². The second kappa shape index (κ2) is 12.4. The number of carbonyl (C=O) groups is 2. The number of halogens is 6. The third-order valence-electron chi connectivity index (χ3n) is 5.27. The summed E-state index contributed by atoms with van der Waals surface area (Å²) in [6.07, 6.45) is -10.2. The number of rotatable bonds is 5. The Labute approximate surface area is 198 Å². The van der Waals surface area contributed by atoms with Crippen LogP contribution in [-0.2, 0) is 20.9 Å². The van der Waals surface area contributed by atoms with Gasteiger partial charge in [-0.2, -0.15) is 26.3 Å². The molecule has 1 aromatic carbocycles. The van der Waals surface area contributed by atoms with E-state index in [1.165, 1.54) is 5.56 Å². The molecule has 1 aromatic rings. The number of hydrogen-bond donors (Lipinski definition) is 2. The van der Waals surface area contributed by atoms with Crippen LogP contribution in [0.4, 0.5) is 26.3 Å². The maximum absolute atomic E-state index is 10.6. The summed E-state index contributed by atoms with van der Waals surface area (Å²) in [7, 11) is 6.04. The zero-order valence-corrected chi connectivity index (χ0v) is 19.3. The van der Waals surface area contributed by atoms with Gasteiger partial charge in [-0.05, 0) is 31.8 Å². The van der Waals surface area contributed by atoms with Crippen molar-refractivity contribution in [2.75, 3.05) is 54.1 Å². The number of carboxylic acid groups (broad SMARTS) is 2. The first kappa shape index (κ1) is 30.5. The molecule has 0 unspecified atom stereocenters. The number of fused-ring (bicyclic) bond motifs is 1. The highest BCUT2D eigenvalue weighted by Crippen LogP contribution is 2.42. The molecule has 2 aliphatic heterocycles. The van der Waals surface area contributed by atoms with Crippen molar-refractivity contribution < 1.29 is 55.6 Å². The minimum absolute atomic E-state index is 0.329. The van der Waals surface area contributed by atoms with Crippen LogP contribution in [0.15, 0.2) is 24.3 Å². The van der Waals surface area contributed by atoms with E-state index in [4.69, 9.17) is 29.3 Å². The Bertz CT molecular complexity index is 807. The van der Waals surface area contributed by atoms with Crippen molar-refractivity contribution in [1.82, 2.24) is 9.80 Å². The number of carboxylic acids is 2. The van der Waals surface area contributed by atoms with E-state index in [1.807, 2.05) is 12.1 Å². The van der Waals surface area contributed by atoms with Gasteiger partial charge in [-0.15, -0.1) is 0 Å². The van der Waals surface area contributed by atoms with Crippen LogP contribution in [0.1, 0.15) is 5.56 Å². The minimum Gasteiger partial charge on any atom is -0.497 e. The Balaban J connectivity index is 0.000000362. The number of methoxy groups -OCH3 is 1. The fourth-order valence-corrected chi connectivity index (χ4v) is 3.91. The fourth-order valence-electron chi connectivity index (χ4n) is 3.91. The molecular formula is C21H28F6N2O6. The van der Waals surface area contributed by atoms with E-state index in [2.05, 4.69) is 36.0 Å². The summed E-state index contributed by atoms with van der Waals surface area (Å²) < 4.78 is 74.5. The first-order valence-corrected chi connectivity index (χ1v) is 10.2. The zero-order valence-electron chi connectivity index (χ0n) is 19.3. The van der Waals surface area contributed by atoms with E-state index in [9.17, 15) is 26.3 Å². The van der Waals surface area contributed by atoms with Gasteiger partial charge < -0.3 is 24.6 Å². The van der Waals surface area contributed by atoms with Crippen LogP contribution in [0.25, 0.3) is 0 Å². The third kappa shape index (κ3) is 9.90. The Morgan fingerprint density at radius 1 is 1.09 bits per heavy atom. The molecule has 0 amide bonds. The molecule has 0 bridgehead atoms. The number of ether oxygens (including phenoxy) is 2. The topological polar surface area (TPSA) is 99.5 Å². The molecular weight excluding hydrogens is 490 g/mol. The van der Waals surface area contributed by atoms with Crippen molar-refractivity contribution in [2.45, 2.75) is 18.9 Å². The molecule has 8 nitrogen and oxygen atoms in total. The van der Waals surface area contributed by atoms with Crippen LogP contribution < -0.4 is 4.74 Å². The Hall–Kier alpha value is -2.58. The first-order chi connectivity index (χ1) is 16.0. The van der Waals surface area contributed by atoms with Gasteiger partial charge in [0.15, 0.2) is 0 Å². The molecule has 2 heterocycles. The molecule has 200 valence electrons. The average Bonchev–Trinajstić information content (AvgIpc) is 3.23. The highest BCUT2D eigenvalue weighted by Gasteiger charge is 2.50. The number of nitrogens with zero attached hydrogens (tertiary/aromatic N) is 2. The van der Waals surface area contributed by atoms with E-state index >= 15 is 0 Å². The molecule has 35 heavy (non-hydrogen) atoms. The lowest BCUT2D eigenvalue weighted by Gasteiger charge is -2.30. The molecule has 2 fully saturated rings. The van der Waals surface area contributed by atoms with Gasteiger partial charge in [0, 0.05) is 37.5 Å². The van der Waals surface area contributed by atoms with E-state index < -0.39 is 24.3 Å². The quantitative estimate of drug-likeness (QED) is 0.575. The molecule has 2 saturated heterocycles. The Kier molecular flexibility index (Phi) is 10.8. The number of benzene rings is 1. The van der Waals surface area contributed by atoms with E-state index in [0.717, 1.165) is 45.1 Å². The SMILES string of the molecule is COc1ccc(CN2C[C@@H]3COC[C@]3(CN(C)C)C2)cc1.O=C(O)C(F)(F)F.O=C(O)C(F)(F)F. The Morgan fingerprint density at radius 2 is 1.57 bits per heavy atom. The van der Waals surface area contributed by atoms with E-state index in [-0.39, 0.29) is 0 Å². The number of likely N-dealkylation sites (tertiary alicyclic amines) is 1. The zero-order chi connectivity index (χ0) is 27.0. The molecule has 2 aliphatic rings. The standard InChI is InChI=1S/C17H26N2O2.2C2HF3O2/c1-18(2)11-17-12-19(9-15(17)10-21-13-17)8-14-4-6-16(20-3)7-5-14;2*3-2(4,5)1(6)7/h4-7,15H,8-13H2,1-3H3;2*(H,6,7)/t15-,17+;;/m1../s1. The molecule has 0 spiro atoms. The molecule has 0 saturated carbocycles. The van der Waals surface area contributed by atoms with Gasteiger partial charge in [-0.25, -0.2) is 9.59 Å². The van der Waals surface area contributed by atoms with Gasteiger partial charge in [-0.3, -0.25) is 4.90 Å². The number of alkyl halides is 6. The summed E-state index contributed by atoms with van der Waals surface area (Å²) in [6, 6.07) is 8.43. The van der Waals surface area contributed by atoms with Gasteiger partial charge in [0.1, 0.15) is 5.75 Å². The number of hydrogen-bond acceptors (Lipinski definition) is 6. The van der Waals surface area contributed by atoms with Gasteiger partial charge in [0.2, 0.25) is 0 Å². The van der Waals surface area contributed by atoms with Crippen molar-refractivity contribution >= 4 is 11.9 Å². The lowest BCUT2D eigenvalue weighted by molar-refractivity contribution is -0.193. The molecule has 14 heteroatoms. The van der Waals surface area contributed by atoms with Crippen LogP contribution in [0.2, 0.25) is 0 Å². The van der Waals surface area contributed by atoms with Gasteiger partial charge >= 0.3 is 24.3 Å². The average molecular weight is 518 g/mol. The van der Waals surface area contributed by atoms with Crippen LogP contribution in [0, 0.1) is 11.3 Å². The van der Waals surface area contributed by atoms with Crippen LogP contribution >= 0.6 is 0 Å². The predicted octanol–water partition coefficient (Wildman–Crippen LogP) is 2.97. The summed E-state index contributed by atoms with van der Waals surface area (Å²) in [4.78, 5) is 22.7. The summed E-state index contributed by atoms with van der Waals surface area (Å²) in [5.74, 6) is -3.91. The Morgan fingerprint density at radius 3 is 1.97 bits per heavy atom. The fraction of sp³-hybridized carbons (Fsp3) is 0.619. The van der Waals surface area contributed by atoms with Crippen molar-refractivity contribution in [3.05, 3.63) is 29.8 Å². The minimum atomic E-state index is -5.08. The monoisotopic (exact) mass is 518 g/mol. The molecule has 2 atom stereocenters. The predicted molar refractivity (Wildman–Crippen MR) is 111 cm³/mol. The third-order valence-corrected chi connectivity index (χ3v) is 5.27. The van der Waals surface area contributed by atoms with Gasteiger partial charge in [0.05, 0.1) is 20.3 Å². The molecule has 0 radical (unpaired) electrons. The maximum atomic E-state index is 10.6. The highest BCUT2D eigenvalue weighted by atomic mass is 19.4. The van der Waals surface area contributed by atoms with Gasteiger partial charge in [-0.1, -0.05) is 12.1 Å². The van der Waals surface area contributed by atoms with Crippen molar-refractivity contribution in [2.24, 2.45) is 11.3 Å². The van der Waals surface area contributed by atoms with Crippen molar-refractivity contribution in [1.29, 1.82) is 0 Å². The smallest absolute Gasteiger partial charge is 0.490 e. The van der Waals surface area contributed by atoms with Crippen LogP contribution in [-0.4, -0.2) is 98.4 Å². The molecule has 0 aliphatic carbocycles. The summed E-state index contributed by atoms with van der Waals surface area (Å²) in [6.45, 7) is 6.27. The molecule has 0 aromatic heterocycles. The first-order valence-electron chi connectivity index (χ1n) is 10.2. The van der Waals surface area contributed by atoms with Crippen LogP contribution in [0.3, 0.4) is 0 Å². The maximum Gasteiger partial charge on any atom is 0.490 e. The summed E-state index contributed by atoms with van der Waals surface area (Å²) >= 11 is 0. The molecule has 2 N–H and O–H groups in total. The summed E-state index contributed by atoms with van der Waals surface area (Å²) in [5, 5.41) is 14.2. The lowest BCUT2D eigenvalue weighted by Crippen LogP contribution is -2.40. The molecule has 3 rings (SSSR count). The van der Waals surface area contributed by atoms with Crippen molar-refractivity contribution in [3.63, 3.8) is 0 Å². The summed E-state index contributed by atoms with van der Waals surface area (Å²) in [5.41, 5.74) is 1.69. The van der Waals surface area contributed by atoms with Gasteiger partial charge in [0.25, 0.3) is 0 Å². The normalized spacial score (nSPS) is 21.9.